The fourth-order valence-corrected chi connectivity index (χ4v) is 7.68. The second-order valence-electron chi connectivity index (χ2n) is 9.19. The molecule has 2 heterocycles. The summed E-state index contributed by atoms with van der Waals surface area (Å²) >= 11 is 2.60. The molecule has 210 valence electrons. The number of sulfonamides is 1. The van der Waals surface area contributed by atoms with E-state index in [1.807, 2.05) is 61.5 Å². The lowest BCUT2D eigenvalue weighted by atomic mass is 10.1. The van der Waals surface area contributed by atoms with Crippen molar-refractivity contribution >= 4 is 59.8 Å². The Bertz CT molecular complexity index is 1800. The minimum absolute atomic E-state index is 0.0826. The van der Waals surface area contributed by atoms with Gasteiger partial charge in [0, 0.05) is 24.7 Å². The highest BCUT2D eigenvalue weighted by atomic mass is 32.2. The average molecular weight is 606 g/mol. The minimum atomic E-state index is -3.77. The molecular formula is C30H27N3O5S3. The van der Waals surface area contributed by atoms with Gasteiger partial charge in [0.2, 0.25) is 10.0 Å². The number of nitrogens with one attached hydrogen (secondary N) is 1. The summed E-state index contributed by atoms with van der Waals surface area (Å²) in [6, 6.07) is 22.8. The molecule has 5 aromatic rings. The molecule has 8 nitrogen and oxygen atoms in total. The molecule has 1 N–H and O–H groups in total. The van der Waals surface area contributed by atoms with Crippen molar-refractivity contribution in [2.75, 3.05) is 19.0 Å². The van der Waals surface area contributed by atoms with Crippen LogP contribution in [0.2, 0.25) is 0 Å². The van der Waals surface area contributed by atoms with Crippen LogP contribution in [0.3, 0.4) is 0 Å². The lowest BCUT2D eigenvalue weighted by Gasteiger charge is -2.17. The van der Waals surface area contributed by atoms with Gasteiger partial charge in [0.1, 0.15) is 14.9 Å². The zero-order valence-corrected chi connectivity index (χ0v) is 25.0. The first-order valence-electron chi connectivity index (χ1n) is 12.8. The van der Waals surface area contributed by atoms with Gasteiger partial charge < -0.3 is 10.1 Å². The molecule has 0 aliphatic heterocycles. The number of amides is 1. The molecule has 0 unspecified atom stereocenters. The molecule has 0 atom stereocenters. The van der Waals surface area contributed by atoms with Gasteiger partial charge in [0.15, 0.2) is 0 Å². The number of para-hydroxylation sites is 1. The van der Waals surface area contributed by atoms with Crippen LogP contribution < -0.4 is 5.32 Å². The van der Waals surface area contributed by atoms with Gasteiger partial charge in [-0.2, -0.15) is 4.31 Å². The molecule has 2 aromatic heterocycles. The Morgan fingerprint density at radius 1 is 0.951 bits per heavy atom. The minimum Gasteiger partial charge on any atom is -0.462 e. The van der Waals surface area contributed by atoms with Crippen LogP contribution in [0, 0.1) is 6.92 Å². The molecule has 11 heteroatoms. The molecule has 1 amide bonds. The molecule has 0 saturated heterocycles. The van der Waals surface area contributed by atoms with Gasteiger partial charge in [-0.1, -0.05) is 42.5 Å². The van der Waals surface area contributed by atoms with Crippen LogP contribution in [0.25, 0.3) is 20.8 Å². The second-order valence-corrected chi connectivity index (χ2v) is 13.3. The van der Waals surface area contributed by atoms with Crippen LogP contribution in [-0.2, 0) is 21.3 Å². The fraction of sp³-hybridized carbons (Fsp3) is 0.167. The Morgan fingerprint density at radius 2 is 1.63 bits per heavy atom. The number of benzene rings is 3. The summed E-state index contributed by atoms with van der Waals surface area (Å²) in [5, 5.41) is 4.06. The van der Waals surface area contributed by atoms with Crippen molar-refractivity contribution in [1.82, 2.24) is 9.29 Å². The molecule has 0 spiro atoms. The van der Waals surface area contributed by atoms with E-state index in [1.54, 1.807) is 6.92 Å². The molecule has 41 heavy (non-hydrogen) atoms. The number of fused-ring (bicyclic) bond motifs is 1. The summed E-state index contributed by atoms with van der Waals surface area (Å²) in [4.78, 5) is 31.2. The first-order valence-corrected chi connectivity index (χ1v) is 15.8. The highest BCUT2D eigenvalue weighted by Gasteiger charge is 2.26. The third-order valence-corrected chi connectivity index (χ3v) is 10.5. The molecule has 0 aliphatic carbocycles. The first kappa shape index (κ1) is 28.6. The number of nitrogens with zero attached hydrogens (tertiary/aromatic N) is 2. The second kappa shape index (κ2) is 11.9. The SMILES string of the molecule is CCOC(=O)c1sc(NC(=O)c2ccc(S(=O)(=O)N(C)Cc3ccccc3)cc2)c(-c2nc3ccccc3s2)c1C. The summed E-state index contributed by atoms with van der Waals surface area (Å²) in [7, 11) is -2.25. The topological polar surface area (TPSA) is 106 Å². The quantitative estimate of drug-likeness (QED) is 0.190. The van der Waals surface area contributed by atoms with Crippen LogP contribution in [0.15, 0.2) is 83.8 Å². The van der Waals surface area contributed by atoms with E-state index in [-0.39, 0.29) is 23.6 Å². The van der Waals surface area contributed by atoms with E-state index in [4.69, 9.17) is 9.72 Å². The smallest absolute Gasteiger partial charge is 0.348 e. The predicted octanol–water partition coefficient (Wildman–Crippen LogP) is 6.58. The maximum absolute atomic E-state index is 13.3. The van der Waals surface area contributed by atoms with Gasteiger partial charge in [0.05, 0.1) is 21.7 Å². The standard InChI is InChI=1S/C30H27N3O5S3/c1-4-38-30(35)26-19(2)25(28-31-23-12-8-9-13-24(23)39-28)29(40-26)32-27(34)21-14-16-22(17-15-21)41(36,37)33(3)18-20-10-6-5-7-11-20/h5-17H,4,18H2,1-3H3,(H,32,34). The van der Waals surface area contributed by atoms with E-state index < -0.39 is 21.9 Å². The van der Waals surface area contributed by atoms with Crippen LogP contribution in [0.5, 0.6) is 0 Å². The van der Waals surface area contributed by atoms with Crippen molar-refractivity contribution < 1.29 is 22.7 Å². The van der Waals surface area contributed by atoms with Crippen molar-refractivity contribution in [3.05, 3.63) is 100 Å². The summed E-state index contributed by atoms with van der Waals surface area (Å²) in [6.45, 7) is 4.00. The van der Waals surface area contributed by atoms with Gasteiger partial charge in [-0.25, -0.2) is 18.2 Å². The zero-order chi connectivity index (χ0) is 29.1. The van der Waals surface area contributed by atoms with Crippen LogP contribution >= 0.6 is 22.7 Å². The van der Waals surface area contributed by atoms with Gasteiger partial charge >= 0.3 is 5.97 Å². The van der Waals surface area contributed by atoms with Gasteiger partial charge in [0.25, 0.3) is 5.91 Å². The van der Waals surface area contributed by atoms with Crippen molar-refractivity contribution in [3.8, 4) is 10.6 Å². The number of thiazole rings is 1. The third kappa shape index (κ3) is 5.94. The Kier molecular flexibility index (Phi) is 8.32. The van der Waals surface area contributed by atoms with E-state index in [9.17, 15) is 18.0 Å². The van der Waals surface area contributed by atoms with Crippen LogP contribution in [-0.4, -0.2) is 43.2 Å². The monoisotopic (exact) mass is 605 g/mol. The lowest BCUT2D eigenvalue weighted by Crippen LogP contribution is -2.26. The number of aromatic nitrogens is 1. The van der Waals surface area contributed by atoms with E-state index in [2.05, 4.69) is 5.32 Å². The Hall–Kier alpha value is -3.90. The number of carbonyl (C=O) groups is 2. The largest absolute Gasteiger partial charge is 0.462 e. The molecule has 0 radical (unpaired) electrons. The average Bonchev–Trinajstić information content (AvgIpc) is 3.54. The van der Waals surface area contributed by atoms with Gasteiger partial charge in [-0.15, -0.1) is 22.7 Å². The van der Waals surface area contributed by atoms with Gasteiger partial charge in [-0.3, -0.25) is 4.79 Å². The molecule has 5 rings (SSSR count). The maximum atomic E-state index is 13.3. The van der Waals surface area contributed by atoms with Crippen molar-refractivity contribution in [1.29, 1.82) is 0 Å². The number of anilines is 1. The van der Waals surface area contributed by atoms with Crippen LogP contribution in [0.4, 0.5) is 5.00 Å². The molecule has 0 bridgehead atoms. The maximum Gasteiger partial charge on any atom is 0.348 e. The molecular weight excluding hydrogens is 579 g/mol. The Balaban J connectivity index is 1.42. The zero-order valence-electron chi connectivity index (χ0n) is 22.6. The summed E-state index contributed by atoms with van der Waals surface area (Å²) < 4.78 is 33.7. The fourth-order valence-electron chi connectivity index (χ4n) is 4.29. The summed E-state index contributed by atoms with van der Waals surface area (Å²) in [6.07, 6.45) is 0. The summed E-state index contributed by atoms with van der Waals surface area (Å²) in [5.74, 6) is -0.905. The van der Waals surface area contributed by atoms with Crippen molar-refractivity contribution in [2.45, 2.75) is 25.3 Å². The first-order chi connectivity index (χ1) is 19.7. The van der Waals surface area contributed by atoms with Crippen LogP contribution in [0.1, 0.15) is 38.1 Å². The molecule has 0 aliphatic rings. The number of thiophene rings is 1. The Morgan fingerprint density at radius 3 is 2.32 bits per heavy atom. The highest BCUT2D eigenvalue weighted by molar-refractivity contribution is 7.89. The number of esters is 1. The number of rotatable bonds is 9. The van der Waals surface area contributed by atoms with Gasteiger partial charge in [-0.05, 0) is 61.4 Å². The number of ether oxygens (including phenoxy) is 1. The number of hydrogen-bond acceptors (Lipinski definition) is 8. The van der Waals surface area contributed by atoms with E-state index in [0.29, 0.717) is 26.0 Å². The Labute approximate surface area is 246 Å². The normalized spacial score (nSPS) is 11.6. The van der Waals surface area contributed by atoms with Crippen molar-refractivity contribution in [2.24, 2.45) is 0 Å². The number of carbonyl (C=O) groups excluding carboxylic acids is 2. The predicted molar refractivity (Wildman–Crippen MR) is 163 cm³/mol. The summed E-state index contributed by atoms with van der Waals surface area (Å²) in [5.41, 5.74) is 3.29. The molecule has 0 fully saturated rings. The third-order valence-electron chi connectivity index (χ3n) is 6.42. The highest BCUT2D eigenvalue weighted by Crippen LogP contribution is 2.43. The molecule has 3 aromatic carbocycles. The lowest BCUT2D eigenvalue weighted by molar-refractivity contribution is 0.0531. The van der Waals surface area contributed by atoms with E-state index in [0.717, 1.165) is 27.1 Å². The van der Waals surface area contributed by atoms with E-state index in [1.165, 1.54) is 47.0 Å². The molecule has 0 saturated carbocycles. The number of hydrogen-bond donors (Lipinski definition) is 1. The van der Waals surface area contributed by atoms with E-state index >= 15 is 0 Å². The van der Waals surface area contributed by atoms with Crippen molar-refractivity contribution in [3.63, 3.8) is 0 Å².